The lowest BCUT2D eigenvalue weighted by Crippen LogP contribution is -2.45. The Kier molecular flexibility index (Phi) is 7.46. The lowest BCUT2D eigenvalue weighted by atomic mass is 10.1. The van der Waals surface area contributed by atoms with Crippen LogP contribution in [-0.2, 0) is 10.0 Å². The molecule has 8 heteroatoms. The number of hydrogen-bond acceptors (Lipinski definition) is 4. The Morgan fingerprint density at radius 3 is 2.46 bits per heavy atom. The second-order valence-corrected chi connectivity index (χ2v) is 8.58. The van der Waals surface area contributed by atoms with Crippen LogP contribution in [0.5, 0.6) is 0 Å². The molecule has 0 spiro atoms. The highest BCUT2D eigenvalue weighted by molar-refractivity contribution is 7.92. The average molecular weight is 424 g/mol. The van der Waals surface area contributed by atoms with E-state index in [9.17, 15) is 13.2 Å². The van der Waals surface area contributed by atoms with Gasteiger partial charge in [-0.2, -0.15) is 0 Å². The molecule has 1 saturated heterocycles. The molecule has 1 heterocycles. The van der Waals surface area contributed by atoms with Crippen molar-refractivity contribution in [3.8, 4) is 0 Å². The first-order chi connectivity index (χ1) is 12.9. The van der Waals surface area contributed by atoms with Gasteiger partial charge in [0.15, 0.2) is 0 Å². The van der Waals surface area contributed by atoms with Gasteiger partial charge in [0, 0.05) is 18.2 Å². The van der Waals surface area contributed by atoms with Crippen LogP contribution < -0.4 is 15.4 Å². The highest BCUT2D eigenvalue weighted by atomic mass is 35.5. The zero-order valence-electron chi connectivity index (χ0n) is 16.0. The first kappa shape index (κ1) is 22.2. The van der Waals surface area contributed by atoms with Gasteiger partial charge in [0.1, 0.15) is 0 Å². The van der Waals surface area contributed by atoms with E-state index in [1.54, 1.807) is 18.2 Å². The predicted octanol–water partition coefficient (Wildman–Crippen LogP) is 3.01. The number of aryl methyl sites for hydroxylation is 1. The van der Waals surface area contributed by atoms with Gasteiger partial charge in [0.05, 0.1) is 10.6 Å². The maximum absolute atomic E-state index is 12.6. The van der Waals surface area contributed by atoms with Gasteiger partial charge in [-0.3, -0.25) is 9.52 Å². The highest BCUT2D eigenvalue weighted by Gasteiger charge is 2.19. The molecular formula is C20H26ClN3O3S. The Labute approximate surface area is 172 Å². The first-order valence-electron chi connectivity index (χ1n) is 9.07. The van der Waals surface area contributed by atoms with Gasteiger partial charge in [-0.05, 0) is 74.7 Å². The molecular weight excluding hydrogens is 398 g/mol. The quantitative estimate of drug-likeness (QED) is 0.689. The van der Waals surface area contributed by atoms with E-state index in [1.807, 2.05) is 26.0 Å². The fourth-order valence-electron chi connectivity index (χ4n) is 3.09. The summed E-state index contributed by atoms with van der Waals surface area (Å²) >= 11 is 0. The summed E-state index contributed by atoms with van der Waals surface area (Å²) in [6.07, 6.45) is 1.98. The van der Waals surface area contributed by atoms with Crippen molar-refractivity contribution in [3.05, 3.63) is 59.2 Å². The Morgan fingerprint density at radius 2 is 1.82 bits per heavy atom. The van der Waals surface area contributed by atoms with Gasteiger partial charge < -0.3 is 10.6 Å². The number of piperidine rings is 1. The molecule has 0 bridgehead atoms. The second-order valence-electron chi connectivity index (χ2n) is 6.89. The van der Waals surface area contributed by atoms with E-state index in [-0.39, 0.29) is 29.3 Å². The van der Waals surface area contributed by atoms with Gasteiger partial charge in [0.25, 0.3) is 15.9 Å². The lowest BCUT2D eigenvalue weighted by Gasteiger charge is -2.23. The minimum Gasteiger partial charge on any atom is -0.348 e. The Bertz CT molecular complexity index is 924. The number of amides is 1. The maximum Gasteiger partial charge on any atom is 0.261 e. The summed E-state index contributed by atoms with van der Waals surface area (Å²) < 4.78 is 27.9. The fourth-order valence-corrected chi connectivity index (χ4v) is 4.22. The van der Waals surface area contributed by atoms with Crippen molar-refractivity contribution < 1.29 is 13.2 Å². The first-order valence-corrected chi connectivity index (χ1v) is 10.6. The maximum atomic E-state index is 12.6. The zero-order chi connectivity index (χ0) is 19.4. The zero-order valence-corrected chi connectivity index (χ0v) is 17.6. The summed E-state index contributed by atoms with van der Waals surface area (Å²) in [6, 6.07) is 11.6. The van der Waals surface area contributed by atoms with Crippen molar-refractivity contribution in [2.45, 2.75) is 37.6 Å². The number of sulfonamides is 1. The molecule has 1 amide bonds. The number of halogens is 1. The molecule has 0 aromatic heterocycles. The Hall–Kier alpha value is -2.09. The number of rotatable bonds is 5. The standard InChI is InChI=1S/C20H25N3O3S.ClH/c1-14-5-3-7-19(15(14)2)23-27(25,26)18-10-8-16(9-11-18)20(24)22-17-6-4-12-21-13-17;/h3,5,7-11,17,21,23H,4,6,12-13H2,1-2H3,(H,22,24);1H/t17-;/m0./s1. The third-order valence-corrected chi connectivity index (χ3v) is 6.29. The number of benzene rings is 2. The van der Waals surface area contributed by atoms with Crippen LogP contribution in [0.15, 0.2) is 47.4 Å². The van der Waals surface area contributed by atoms with Crippen molar-refractivity contribution in [1.82, 2.24) is 10.6 Å². The molecule has 1 fully saturated rings. The SMILES string of the molecule is Cc1cccc(NS(=O)(=O)c2ccc(C(=O)N[C@H]3CCCNC3)cc2)c1C.Cl. The van der Waals surface area contributed by atoms with Crippen molar-refractivity contribution in [3.63, 3.8) is 0 Å². The molecule has 0 aliphatic carbocycles. The topological polar surface area (TPSA) is 87.3 Å². The van der Waals surface area contributed by atoms with Gasteiger partial charge >= 0.3 is 0 Å². The van der Waals surface area contributed by atoms with Crippen molar-refractivity contribution in [2.75, 3.05) is 17.8 Å². The Morgan fingerprint density at radius 1 is 1.11 bits per heavy atom. The van der Waals surface area contributed by atoms with Crippen LogP contribution in [0.1, 0.15) is 34.3 Å². The third-order valence-electron chi connectivity index (χ3n) is 4.91. The molecule has 3 rings (SSSR count). The summed E-state index contributed by atoms with van der Waals surface area (Å²) in [6.45, 7) is 5.55. The van der Waals surface area contributed by atoms with E-state index in [2.05, 4.69) is 15.4 Å². The molecule has 1 aliphatic rings. The number of carbonyl (C=O) groups excluding carboxylic acids is 1. The van der Waals surface area contributed by atoms with Crippen LogP contribution in [-0.4, -0.2) is 33.5 Å². The van der Waals surface area contributed by atoms with Gasteiger partial charge in [0.2, 0.25) is 0 Å². The van der Waals surface area contributed by atoms with Crippen LogP contribution in [0.25, 0.3) is 0 Å². The number of nitrogens with one attached hydrogen (secondary N) is 3. The second kappa shape index (κ2) is 9.41. The van der Waals surface area contributed by atoms with E-state index in [0.29, 0.717) is 11.3 Å². The van der Waals surface area contributed by atoms with E-state index in [4.69, 9.17) is 0 Å². The summed E-state index contributed by atoms with van der Waals surface area (Å²) in [4.78, 5) is 12.5. The molecule has 1 atom stereocenters. The normalized spacial score (nSPS) is 16.7. The van der Waals surface area contributed by atoms with E-state index in [0.717, 1.165) is 37.1 Å². The van der Waals surface area contributed by atoms with E-state index >= 15 is 0 Å². The van der Waals surface area contributed by atoms with Crippen LogP contribution in [0.4, 0.5) is 5.69 Å². The van der Waals surface area contributed by atoms with Crippen LogP contribution in [0, 0.1) is 13.8 Å². The average Bonchev–Trinajstić information content (AvgIpc) is 2.66. The Balaban J connectivity index is 0.00000280. The van der Waals surface area contributed by atoms with Crippen LogP contribution in [0.2, 0.25) is 0 Å². The molecule has 0 unspecified atom stereocenters. The fraction of sp³-hybridized carbons (Fsp3) is 0.350. The number of hydrogen-bond donors (Lipinski definition) is 3. The minimum absolute atomic E-state index is 0. The monoisotopic (exact) mass is 423 g/mol. The summed E-state index contributed by atoms with van der Waals surface area (Å²) in [5.74, 6) is -0.185. The lowest BCUT2D eigenvalue weighted by molar-refractivity contribution is 0.0930. The molecule has 0 saturated carbocycles. The molecule has 2 aromatic rings. The van der Waals surface area contributed by atoms with Gasteiger partial charge in [-0.25, -0.2) is 8.42 Å². The van der Waals surface area contributed by atoms with Gasteiger partial charge in [-0.15, -0.1) is 12.4 Å². The van der Waals surface area contributed by atoms with Crippen LogP contribution in [0.3, 0.4) is 0 Å². The molecule has 3 N–H and O–H groups in total. The summed E-state index contributed by atoms with van der Waals surface area (Å²) in [5.41, 5.74) is 2.91. The third kappa shape index (κ3) is 5.25. The van der Waals surface area contributed by atoms with E-state index in [1.165, 1.54) is 12.1 Å². The summed E-state index contributed by atoms with van der Waals surface area (Å²) in [7, 11) is -3.71. The number of carbonyl (C=O) groups is 1. The molecule has 152 valence electrons. The highest BCUT2D eigenvalue weighted by Crippen LogP contribution is 2.22. The molecule has 0 radical (unpaired) electrons. The smallest absolute Gasteiger partial charge is 0.261 e. The number of anilines is 1. The van der Waals surface area contributed by atoms with Crippen LogP contribution >= 0.6 is 12.4 Å². The molecule has 6 nitrogen and oxygen atoms in total. The van der Waals surface area contributed by atoms with Crippen molar-refractivity contribution in [2.24, 2.45) is 0 Å². The van der Waals surface area contributed by atoms with Gasteiger partial charge in [-0.1, -0.05) is 12.1 Å². The predicted molar refractivity (Wildman–Crippen MR) is 114 cm³/mol. The minimum atomic E-state index is -3.71. The summed E-state index contributed by atoms with van der Waals surface area (Å²) in [5, 5.41) is 6.23. The van der Waals surface area contributed by atoms with Crippen molar-refractivity contribution in [1.29, 1.82) is 0 Å². The molecule has 28 heavy (non-hydrogen) atoms. The largest absolute Gasteiger partial charge is 0.348 e. The van der Waals surface area contributed by atoms with E-state index < -0.39 is 10.0 Å². The molecule has 2 aromatic carbocycles. The van der Waals surface area contributed by atoms with Crippen molar-refractivity contribution >= 4 is 34.0 Å². The molecule has 1 aliphatic heterocycles.